The van der Waals surface area contributed by atoms with Crippen LogP contribution in [0.5, 0.6) is 0 Å². The Balaban J connectivity index is 1.84. The van der Waals surface area contributed by atoms with E-state index in [0.29, 0.717) is 28.7 Å². The van der Waals surface area contributed by atoms with Crippen molar-refractivity contribution in [1.82, 2.24) is 14.8 Å². The second kappa shape index (κ2) is 6.38. The lowest BCUT2D eigenvalue weighted by atomic mass is 10.0. The minimum Gasteiger partial charge on any atom is -0.465 e. The van der Waals surface area contributed by atoms with E-state index in [1.54, 1.807) is 4.68 Å². The molecule has 2 aliphatic rings. The minimum absolute atomic E-state index is 0.0555. The van der Waals surface area contributed by atoms with Crippen LogP contribution in [0.15, 0.2) is 17.5 Å². The number of thiophene rings is 1. The van der Waals surface area contributed by atoms with Crippen LogP contribution in [0.25, 0.3) is 21.6 Å². The van der Waals surface area contributed by atoms with E-state index in [4.69, 9.17) is 14.8 Å². The van der Waals surface area contributed by atoms with Crippen molar-refractivity contribution in [2.75, 3.05) is 18.6 Å². The van der Waals surface area contributed by atoms with E-state index in [2.05, 4.69) is 0 Å². The number of pyridine rings is 1. The third-order valence-corrected chi connectivity index (χ3v) is 8.19. The van der Waals surface area contributed by atoms with Crippen LogP contribution in [-0.4, -0.2) is 47.8 Å². The van der Waals surface area contributed by atoms with Gasteiger partial charge in [-0.15, -0.1) is 11.3 Å². The number of carbonyl (C=O) groups excluding carboxylic acids is 1. The highest BCUT2D eigenvalue weighted by molar-refractivity contribution is 7.91. The molecule has 7 nitrogen and oxygen atoms in total. The second-order valence-corrected chi connectivity index (χ2v) is 10.5. The van der Waals surface area contributed by atoms with Crippen molar-refractivity contribution in [3.63, 3.8) is 0 Å². The number of sulfone groups is 1. The van der Waals surface area contributed by atoms with E-state index in [0.717, 1.165) is 35.4 Å². The summed E-state index contributed by atoms with van der Waals surface area (Å²) in [7, 11) is -1.69. The molecule has 0 spiro atoms. The van der Waals surface area contributed by atoms with Gasteiger partial charge in [0.05, 0.1) is 40.5 Å². The number of esters is 1. The third kappa shape index (κ3) is 2.68. The number of hydrogen-bond donors (Lipinski definition) is 0. The Hall–Kier alpha value is -2.26. The van der Waals surface area contributed by atoms with Crippen LogP contribution >= 0.6 is 11.3 Å². The summed E-state index contributed by atoms with van der Waals surface area (Å²) in [5, 5.41) is 7.43. The van der Waals surface area contributed by atoms with Gasteiger partial charge in [-0.3, -0.25) is 0 Å². The summed E-state index contributed by atoms with van der Waals surface area (Å²) in [5.41, 5.74) is 3.64. The summed E-state index contributed by atoms with van der Waals surface area (Å²) in [5.74, 6) is -0.177. The fraction of sp³-hybridized carbons (Fsp3) is 0.421. The molecule has 3 aromatic rings. The molecule has 0 bridgehead atoms. The summed E-state index contributed by atoms with van der Waals surface area (Å²) in [6.45, 7) is 0. The highest BCUT2D eigenvalue weighted by atomic mass is 32.2. The van der Waals surface area contributed by atoms with E-state index in [9.17, 15) is 13.2 Å². The highest BCUT2D eigenvalue weighted by Crippen LogP contribution is 2.39. The largest absolute Gasteiger partial charge is 0.465 e. The number of ether oxygens (including phenoxy) is 1. The Morgan fingerprint density at radius 2 is 2.21 bits per heavy atom. The van der Waals surface area contributed by atoms with Gasteiger partial charge < -0.3 is 4.74 Å². The molecule has 1 aliphatic carbocycles. The maximum absolute atomic E-state index is 12.8. The van der Waals surface area contributed by atoms with Crippen LogP contribution in [0.4, 0.5) is 0 Å². The molecule has 0 saturated carbocycles. The number of aryl methyl sites for hydroxylation is 1. The first kappa shape index (κ1) is 17.8. The average Bonchev–Trinajstić information content (AvgIpc) is 3.44. The van der Waals surface area contributed by atoms with E-state index in [1.807, 2.05) is 17.5 Å². The van der Waals surface area contributed by atoms with Crippen molar-refractivity contribution in [3.05, 3.63) is 34.3 Å². The molecule has 1 fully saturated rings. The predicted octanol–water partition coefficient (Wildman–Crippen LogP) is 2.79. The van der Waals surface area contributed by atoms with Crippen molar-refractivity contribution in [2.45, 2.75) is 31.7 Å². The van der Waals surface area contributed by atoms with Gasteiger partial charge in [0.25, 0.3) is 0 Å². The van der Waals surface area contributed by atoms with E-state index in [1.165, 1.54) is 18.4 Å². The number of nitrogens with zero attached hydrogens (tertiary/aromatic N) is 3. The van der Waals surface area contributed by atoms with Crippen LogP contribution < -0.4 is 0 Å². The van der Waals surface area contributed by atoms with Gasteiger partial charge in [-0.1, -0.05) is 6.07 Å². The molecule has 5 rings (SSSR count). The molecule has 28 heavy (non-hydrogen) atoms. The standard InChI is InChI=1S/C19H19N3O4S2/c1-26-19(23)15-12-4-2-5-13(12)20-18-16(15)17(14-6-3-8-27-14)21-22(18)11-7-9-28(24,25)10-11/h3,6,8,11H,2,4-5,7,9-10H2,1H3/t11-/m1/s1. The lowest BCUT2D eigenvalue weighted by Gasteiger charge is -2.12. The van der Waals surface area contributed by atoms with Gasteiger partial charge >= 0.3 is 5.97 Å². The van der Waals surface area contributed by atoms with Gasteiger partial charge in [0.2, 0.25) is 0 Å². The number of methoxy groups -OCH3 is 1. The van der Waals surface area contributed by atoms with Gasteiger partial charge in [0.15, 0.2) is 15.5 Å². The van der Waals surface area contributed by atoms with Crippen LogP contribution in [0.1, 0.15) is 40.5 Å². The highest BCUT2D eigenvalue weighted by Gasteiger charge is 2.35. The zero-order chi connectivity index (χ0) is 19.5. The first-order valence-electron chi connectivity index (χ1n) is 9.25. The molecule has 146 valence electrons. The molecular weight excluding hydrogens is 398 g/mol. The molecule has 9 heteroatoms. The lowest BCUT2D eigenvalue weighted by Crippen LogP contribution is -2.14. The first-order chi connectivity index (χ1) is 13.5. The summed E-state index contributed by atoms with van der Waals surface area (Å²) >= 11 is 1.53. The van der Waals surface area contributed by atoms with E-state index < -0.39 is 9.84 Å². The van der Waals surface area contributed by atoms with Gasteiger partial charge in [0.1, 0.15) is 5.69 Å². The van der Waals surface area contributed by atoms with Crippen molar-refractivity contribution < 1.29 is 17.9 Å². The van der Waals surface area contributed by atoms with Gasteiger partial charge in [-0.25, -0.2) is 22.9 Å². The Bertz CT molecular complexity index is 1200. The number of hydrogen-bond acceptors (Lipinski definition) is 7. The Labute approximate surface area is 166 Å². The van der Waals surface area contributed by atoms with Crippen LogP contribution in [0.3, 0.4) is 0 Å². The van der Waals surface area contributed by atoms with Crippen LogP contribution in [-0.2, 0) is 27.4 Å². The molecule has 0 unspecified atom stereocenters. The zero-order valence-electron chi connectivity index (χ0n) is 15.3. The normalized spacial score (nSPS) is 20.5. The second-order valence-electron chi connectivity index (χ2n) is 7.28. The SMILES string of the molecule is COC(=O)c1c2c(nc3c1c(-c1cccs1)nn3[C@@H]1CCS(=O)(=O)C1)CCC2. The Morgan fingerprint density at radius 1 is 1.36 bits per heavy atom. The number of aromatic nitrogens is 3. The van der Waals surface area contributed by atoms with Gasteiger partial charge in [-0.2, -0.15) is 5.10 Å². The zero-order valence-corrected chi connectivity index (χ0v) is 17.0. The quantitative estimate of drug-likeness (QED) is 0.609. The third-order valence-electron chi connectivity index (χ3n) is 5.56. The maximum Gasteiger partial charge on any atom is 0.339 e. The number of rotatable bonds is 3. The van der Waals surface area contributed by atoms with Crippen LogP contribution in [0, 0.1) is 0 Å². The van der Waals surface area contributed by atoms with E-state index in [-0.39, 0.29) is 23.5 Å². The minimum atomic E-state index is -3.08. The molecule has 0 amide bonds. The lowest BCUT2D eigenvalue weighted by molar-refractivity contribution is 0.0601. The molecule has 0 aromatic carbocycles. The van der Waals surface area contributed by atoms with Crippen molar-refractivity contribution in [3.8, 4) is 10.6 Å². The Morgan fingerprint density at radius 3 is 2.89 bits per heavy atom. The molecule has 0 radical (unpaired) electrons. The summed E-state index contributed by atoms with van der Waals surface area (Å²) in [4.78, 5) is 18.5. The molecule has 3 aromatic heterocycles. The summed E-state index contributed by atoms with van der Waals surface area (Å²) in [6, 6.07) is 3.62. The van der Waals surface area contributed by atoms with Crippen molar-refractivity contribution >= 4 is 38.2 Å². The van der Waals surface area contributed by atoms with Crippen molar-refractivity contribution in [2.24, 2.45) is 0 Å². The monoisotopic (exact) mass is 417 g/mol. The fourth-order valence-electron chi connectivity index (χ4n) is 4.30. The van der Waals surface area contributed by atoms with E-state index >= 15 is 0 Å². The molecule has 1 saturated heterocycles. The Kier molecular flexibility index (Phi) is 4.06. The smallest absolute Gasteiger partial charge is 0.339 e. The van der Waals surface area contributed by atoms with Gasteiger partial charge in [0, 0.05) is 5.69 Å². The first-order valence-corrected chi connectivity index (χ1v) is 11.9. The van der Waals surface area contributed by atoms with Crippen molar-refractivity contribution in [1.29, 1.82) is 0 Å². The topological polar surface area (TPSA) is 91.2 Å². The molecule has 1 atom stereocenters. The fourth-order valence-corrected chi connectivity index (χ4v) is 6.71. The average molecular weight is 418 g/mol. The molecule has 1 aliphatic heterocycles. The molecule has 4 heterocycles. The van der Waals surface area contributed by atoms with Gasteiger partial charge in [-0.05, 0) is 42.7 Å². The van der Waals surface area contributed by atoms with Crippen LogP contribution in [0.2, 0.25) is 0 Å². The molecule has 0 N–H and O–H groups in total. The number of carbonyl (C=O) groups is 1. The number of fused-ring (bicyclic) bond motifs is 2. The summed E-state index contributed by atoms with van der Waals surface area (Å²) in [6.07, 6.45) is 3.04. The maximum atomic E-state index is 12.8. The predicted molar refractivity (Wildman–Crippen MR) is 107 cm³/mol. The summed E-state index contributed by atoms with van der Waals surface area (Å²) < 4.78 is 31.0. The molecular formula is C19H19N3O4S2.